The standard InChI is InChI=1S/C15H20ClNOS/c1-10-4-2-3-5-11(10)9-17-15(18)13-8-12(19)6-7-14(13)16/h6-8,10-11,19H,2-5,9H2,1H3,(H,17,18). The van der Waals surface area contributed by atoms with Crippen molar-refractivity contribution in [1.82, 2.24) is 5.32 Å². The van der Waals surface area contributed by atoms with Gasteiger partial charge in [0.05, 0.1) is 10.6 Å². The summed E-state index contributed by atoms with van der Waals surface area (Å²) >= 11 is 10.3. The van der Waals surface area contributed by atoms with Gasteiger partial charge in [0.2, 0.25) is 0 Å². The van der Waals surface area contributed by atoms with Crippen LogP contribution in [0.5, 0.6) is 0 Å². The maximum Gasteiger partial charge on any atom is 0.252 e. The first-order chi connectivity index (χ1) is 9.08. The zero-order valence-corrected chi connectivity index (χ0v) is 12.8. The predicted octanol–water partition coefficient (Wildman–Crippen LogP) is 4.18. The smallest absolute Gasteiger partial charge is 0.252 e. The van der Waals surface area contributed by atoms with Crippen molar-refractivity contribution in [3.63, 3.8) is 0 Å². The SMILES string of the molecule is CC1CCCCC1CNC(=O)c1cc(S)ccc1Cl. The van der Waals surface area contributed by atoms with Crippen molar-refractivity contribution in [2.75, 3.05) is 6.54 Å². The van der Waals surface area contributed by atoms with Crippen LogP contribution in [0.3, 0.4) is 0 Å². The molecule has 2 unspecified atom stereocenters. The molecular weight excluding hydrogens is 278 g/mol. The van der Waals surface area contributed by atoms with Gasteiger partial charge in [-0.2, -0.15) is 0 Å². The third-order valence-electron chi connectivity index (χ3n) is 4.01. The number of hydrogen-bond acceptors (Lipinski definition) is 2. The fourth-order valence-electron chi connectivity index (χ4n) is 2.70. The third kappa shape index (κ3) is 3.90. The molecule has 4 heteroatoms. The third-order valence-corrected chi connectivity index (χ3v) is 4.62. The summed E-state index contributed by atoms with van der Waals surface area (Å²) in [6.07, 6.45) is 5.08. The van der Waals surface area contributed by atoms with Gasteiger partial charge < -0.3 is 5.32 Å². The Balaban J connectivity index is 1.95. The first-order valence-corrected chi connectivity index (χ1v) is 7.67. The molecule has 0 heterocycles. The second-order valence-corrected chi connectivity index (χ2v) is 6.32. The van der Waals surface area contributed by atoms with Gasteiger partial charge in [-0.15, -0.1) is 12.6 Å². The number of amides is 1. The van der Waals surface area contributed by atoms with Crippen LogP contribution in [-0.4, -0.2) is 12.5 Å². The van der Waals surface area contributed by atoms with Crippen LogP contribution >= 0.6 is 24.2 Å². The summed E-state index contributed by atoms with van der Waals surface area (Å²) in [6, 6.07) is 5.21. The molecule has 1 saturated carbocycles. The largest absolute Gasteiger partial charge is 0.352 e. The molecule has 0 bridgehead atoms. The fraction of sp³-hybridized carbons (Fsp3) is 0.533. The second kappa shape index (κ2) is 6.67. The molecule has 1 aliphatic rings. The van der Waals surface area contributed by atoms with Crippen LogP contribution in [0.4, 0.5) is 0 Å². The van der Waals surface area contributed by atoms with Gasteiger partial charge >= 0.3 is 0 Å². The van der Waals surface area contributed by atoms with Gasteiger partial charge in [-0.1, -0.05) is 37.8 Å². The second-order valence-electron chi connectivity index (χ2n) is 5.40. The highest BCUT2D eigenvalue weighted by molar-refractivity contribution is 7.80. The molecule has 1 aromatic carbocycles. The van der Waals surface area contributed by atoms with E-state index in [1.54, 1.807) is 18.2 Å². The number of rotatable bonds is 3. The number of nitrogens with one attached hydrogen (secondary N) is 1. The Labute approximate surface area is 125 Å². The zero-order valence-electron chi connectivity index (χ0n) is 11.2. The highest BCUT2D eigenvalue weighted by atomic mass is 35.5. The molecular formula is C15H20ClNOS. The number of thiol groups is 1. The molecule has 2 rings (SSSR count). The van der Waals surface area contributed by atoms with Crippen molar-refractivity contribution < 1.29 is 4.79 Å². The van der Waals surface area contributed by atoms with Crippen LogP contribution in [0.2, 0.25) is 5.02 Å². The molecule has 0 spiro atoms. The van der Waals surface area contributed by atoms with E-state index in [1.165, 1.54) is 25.7 Å². The Bertz CT molecular complexity index is 463. The summed E-state index contributed by atoms with van der Waals surface area (Å²) in [5.41, 5.74) is 0.512. The van der Waals surface area contributed by atoms with Crippen LogP contribution in [-0.2, 0) is 0 Å². The first kappa shape index (κ1) is 14.7. The summed E-state index contributed by atoms with van der Waals surface area (Å²) in [4.78, 5) is 12.9. The Morgan fingerprint density at radius 2 is 2.16 bits per heavy atom. The molecule has 2 atom stereocenters. The van der Waals surface area contributed by atoms with Gasteiger partial charge in [-0.25, -0.2) is 0 Å². The number of benzene rings is 1. The van der Waals surface area contributed by atoms with E-state index < -0.39 is 0 Å². The van der Waals surface area contributed by atoms with Crippen LogP contribution in [0.25, 0.3) is 0 Å². The van der Waals surface area contributed by atoms with Crippen molar-refractivity contribution in [2.24, 2.45) is 11.8 Å². The lowest BCUT2D eigenvalue weighted by Crippen LogP contribution is -2.33. The Kier molecular flexibility index (Phi) is 5.17. The molecule has 2 nitrogen and oxygen atoms in total. The average molecular weight is 298 g/mol. The number of carbonyl (C=O) groups is 1. The highest BCUT2D eigenvalue weighted by Gasteiger charge is 2.22. The number of carbonyl (C=O) groups excluding carboxylic acids is 1. The number of halogens is 1. The quantitative estimate of drug-likeness (QED) is 0.805. The summed E-state index contributed by atoms with van der Waals surface area (Å²) in [5, 5.41) is 3.49. The van der Waals surface area contributed by atoms with Gasteiger partial charge in [0.15, 0.2) is 0 Å². The summed E-state index contributed by atoms with van der Waals surface area (Å²) in [6.45, 7) is 3.02. The van der Waals surface area contributed by atoms with Crippen molar-refractivity contribution in [2.45, 2.75) is 37.5 Å². The Morgan fingerprint density at radius 3 is 2.89 bits per heavy atom. The highest BCUT2D eigenvalue weighted by Crippen LogP contribution is 2.29. The van der Waals surface area contributed by atoms with E-state index in [0.29, 0.717) is 22.4 Å². The Hall–Kier alpha value is -0.670. The van der Waals surface area contributed by atoms with Crippen LogP contribution in [0.15, 0.2) is 23.1 Å². The van der Waals surface area contributed by atoms with Gasteiger partial charge in [0.1, 0.15) is 0 Å². The average Bonchev–Trinajstić information content (AvgIpc) is 2.40. The number of hydrogen-bond donors (Lipinski definition) is 2. The van der Waals surface area contributed by atoms with Crippen LogP contribution in [0.1, 0.15) is 43.0 Å². The van der Waals surface area contributed by atoms with Crippen LogP contribution < -0.4 is 5.32 Å². The maximum atomic E-state index is 12.1. The lowest BCUT2D eigenvalue weighted by atomic mass is 9.80. The molecule has 1 aliphatic carbocycles. The molecule has 1 N–H and O–H groups in total. The molecule has 1 fully saturated rings. The first-order valence-electron chi connectivity index (χ1n) is 6.84. The molecule has 0 radical (unpaired) electrons. The Morgan fingerprint density at radius 1 is 1.42 bits per heavy atom. The van der Waals surface area contributed by atoms with Gasteiger partial charge in [-0.3, -0.25) is 4.79 Å². The van der Waals surface area contributed by atoms with Crippen molar-refractivity contribution in [3.8, 4) is 0 Å². The van der Waals surface area contributed by atoms with E-state index in [-0.39, 0.29) is 5.91 Å². The lowest BCUT2D eigenvalue weighted by molar-refractivity contribution is 0.0936. The summed E-state index contributed by atoms with van der Waals surface area (Å²) in [5.74, 6) is 1.19. The van der Waals surface area contributed by atoms with E-state index in [2.05, 4.69) is 24.9 Å². The minimum absolute atomic E-state index is 0.0985. The molecule has 104 valence electrons. The molecule has 0 saturated heterocycles. The predicted molar refractivity (Wildman–Crippen MR) is 82.2 cm³/mol. The van der Waals surface area contributed by atoms with Gasteiger partial charge in [0, 0.05) is 11.4 Å². The molecule has 19 heavy (non-hydrogen) atoms. The van der Waals surface area contributed by atoms with Crippen molar-refractivity contribution in [1.29, 1.82) is 0 Å². The van der Waals surface area contributed by atoms with Gasteiger partial charge in [-0.05, 0) is 36.5 Å². The minimum Gasteiger partial charge on any atom is -0.352 e. The van der Waals surface area contributed by atoms with E-state index in [1.807, 2.05) is 0 Å². The van der Waals surface area contributed by atoms with Crippen molar-refractivity contribution >= 4 is 30.1 Å². The summed E-state index contributed by atoms with van der Waals surface area (Å²) < 4.78 is 0. The maximum absolute atomic E-state index is 12.1. The monoisotopic (exact) mass is 297 g/mol. The van der Waals surface area contributed by atoms with E-state index in [9.17, 15) is 4.79 Å². The molecule has 1 aromatic rings. The molecule has 0 aliphatic heterocycles. The van der Waals surface area contributed by atoms with E-state index in [4.69, 9.17) is 11.6 Å². The summed E-state index contributed by atoms with van der Waals surface area (Å²) in [7, 11) is 0. The van der Waals surface area contributed by atoms with Gasteiger partial charge in [0.25, 0.3) is 5.91 Å². The lowest BCUT2D eigenvalue weighted by Gasteiger charge is -2.28. The molecule has 1 amide bonds. The van der Waals surface area contributed by atoms with E-state index in [0.717, 1.165) is 11.4 Å². The van der Waals surface area contributed by atoms with Crippen molar-refractivity contribution in [3.05, 3.63) is 28.8 Å². The zero-order chi connectivity index (χ0) is 13.8. The topological polar surface area (TPSA) is 29.1 Å². The van der Waals surface area contributed by atoms with Crippen LogP contribution in [0, 0.1) is 11.8 Å². The van der Waals surface area contributed by atoms with E-state index >= 15 is 0 Å². The normalized spacial score (nSPS) is 23.1. The molecule has 0 aromatic heterocycles. The minimum atomic E-state index is -0.0985. The fourth-order valence-corrected chi connectivity index (χ4v) is 3.11.